The van der Waals surface area contributed by atoms with Gasteiger partial charge >= 0.3 is 0 Å². The van der Waals surface area contributed by atoms with Gasteiger partial charge in [-0.2, -0.15) is 0 Å². The fraction of sp³-hybridized carbons (Fsp3) is 0.0714. The molecule has 0 aliphatic carbocycles. The van der Waals surface area contributed by atoms with E-state index in [0.717, 1.165) is 5.56 Å². The molecule has 3 rings (SSSR count). The second-order valence-electron chi connectivity index (χ2n) is 3.97. The zero-order valence-electron chi connectivity index (χ0n) is 9.24. The smallest absolute Gasteiger partial charge is 0.200 e. The van der Waals surface area contributed by atoms with Crippen LogP contribution in [-0.2, 0) is 5.33 Å². The molecule has 0 bridgehead atoms. The number of benzene rings is 2. The maximum atomic E-state index is 12.5. The molecular formula is C14H8BrClO2. The van der Waals surface area contributed by atoms with E-state index in [9.17, 15) is 4.79 Å². The largest absolute Gasteiger partial charge is 0.454 e. The van der Waals surface area contributed by atoms with E-state index in [2.05, 4.69) is 15.9 Å². The molecule has 0 unspecified atom stereocenters. The van der Waals surface area contributed by atoms with Crippen molar-refractivity contribution in [2.75, 3.05) is 0 Å². The molecule has 0 saturated heterocycles. The van der Waals surface area contributed by atoms with Crippen LogP contribution in [0.2, 0.25) is 5.02 Å². The molecule has 0 aliphatic rings. The predicted molar refractivity (Wildman–Crippen MR) is 77.6 cm³/mol. The molecule has 0 saturated carbocycles. The second kappa shape index (κ2) is 4.41. The lowest BCUT2D eigenvalue weighted by molar-refractivity contribution is 0.660. The summed E-state index contributed by atoms with van der Waals surface area (Å²) >= 11 is 9.49. The third-order valence-electron chi connectivity index (χ3n) is 2.91. The first-order valence-corrected chi connectivity index (χ1v) is 6.91. The zero-order valence-corrected chi connectivity index (χ0v) is 11.6. The number of hydrogen-bond acceptors (Lipinski definition) is 2. The van der Waals surface area contributed by atoms with E-state index >= 15 is 0 Å². The lowest BCUT2D eigenvalue weighted by Gasteiger charge is -2.06. The summed E-state index contributed by atoms with van der Waals surface area (Å²) in [5.41, 5.74) is 1.86. The molecule has 4 heteroatoms. The van der Waals surface area contributed by atoms with Gasteiger partial charge in [0.25, 0.3) is 0 Å². The monoisotopic (exact) mass is 322 g/mol. The number of hydrogen-bond donors (Lipinski definition) is 0. The van der Waals surface area contributed by atoms with E-state index in [4.69, 9.17) is 16.0 Å². The van der Waals surface area contributed by atoms with Gasteiger partial charge in [0.15, 0.2) is 5.58 Å². The molecule has 2 aromatic carbocycles. The molecule has 0 amide bonds. The number of fused-ring (bicyclic) bond motifs is 2. The van der Waals surface area contributed by atoms with Gasteiger partial charge in [-0.1, -0.05) is 45.7 Å². The van der Waals surface area contributed by atoms with Crippen molar-refractivity contribution in [2.24, 2.45) is 0 Å². The Morgan fingerprint density at radius 2 is 1.94 bits per heavy atom. The summed E-state index contributed by atoms with van der Waals surface area (Å²) < 4.78 is 5.75. The summed E-state index contributed by atoms with van der Waals surface area (Å²) in [4.78, 5) is 12.5. The highest BCUT2D eigenvalue weighted by atomic mass is 79.9. The number of halogens is 2. The molecule has 18 heavy (non-hydrogen) atoms. The standard InChI is InChI=1S/C14H8BrClO2/c15-7-8-5-6-10(16)14-12(8)13(17)9-3-1-2-4-11(9)18-14/h1-6H,7H2. The van der Waals surface area contributed by atoms with Gasteiger partial charge in [-0.05, 0) is 23.8 Å². The van der Waals surface area contributed by atoms with E-state index in [0.29, 0.717) is 32.3 Å². The first-order chi connectivity index (χ1) is 8.72. The van der Waals surface area contributed by atoms with Gasteiger partial charge in [-0.3, -0.25) is 4.79 Å². The van der Waals surface area contributed by atoms with E-state index < -0.39 is 0 Å². The lowest BCUT2D eigenvalue weighted by atomic mass is 10.1. The topological polar surface area (TPSA) is 30.2 Å². The molecule has 0 fully saturated rings. The molecule has 0 radical (unpaired) electrons. The average Bonchev–Trinajstić information content (AvgIpc) is 2.40. The molecular weight excluding hydrogens is 316 g/mol. The van der Waals surface area contributed by atoms with Gasteiger partial charge in [-0.15, -0.1) is 0 Å². The first kappa shape index (κ1) is 11.8. The van der Waals surface area contributed by atoms with Crippen molar-refractivity contribution in [2.45, 2.75) is 5.33 Å². The average molecular weight is 324 g/mol. The van der Waals surface area contributed by atoms with Crippen molar-refractivity contribution in [1.29, 1.82) is 0 Å². The third kappa shape index (κ3) is 1.66. The summed E-state index contributed by atoms with van der Waals surface area (Å²) in [6.45, 7) is 0. The molecule has 0 N–H and O–H groups in total. The summed E-state index contributed by atoms with van der Waals surface area (Å²) in [5, 5.41) is 2.18. The van der Waals surface area contributed by atoms with E-state index in [1.807, 2.05) is 18.2 Å². The second-order valence-corrected chi connectivity index (χ2v) is 4.94. The minimum absolute atomic E-state index is 0.0381. The molecule has 0 spiro atoms. The van der Waals surface area contributed by atoms with E-state index in [-0.39, 0.29) is 5.43 Å². The Morgan fingerprint density at radius 1 is 1.17 bits per heavy atom. The Labute approximate surface area is 116 Å². The molecule has 3 aromatic rings. The number of para-hydroxylation sites is 1. The Morgan fingerprint density at radius 3 is 2.72 bits per heavy atom. The van der Waals surface area contributed by atoms with Crippen molar-refractivity contribution >= 4 is 49.5 Å². The Bertz CT molecular complexity index is 808. The fourth-order valence-corrected chi connectivity index (χ4v) is 2.71. The van der Waals surface area contributed by atoms with Crippen LogP contribution in [0.1, 0.15) is 5.56 Å². The molecule has 2 nitrogen and oxygen atoms in total. The van der Waals surface area contributed by atoms with Crippen LogP contribution in [0.4, 0.5) is 0 Å². The molecule has 0 aliphatic heterocycles. The quantitative estimate of drug-likeness (QED) is 0.488. The maximum absolute atomic E-state index is 12.5. The predicted octanol–water partition coefficient (Wildman–Crippen LogP) is 4.49. The SMILES string of the molecule is O=c1c2ccccc2oc2c(Cl)ccc(CBr)c12. The van der Waals surface area contributed by atoms with Gasteiger partial charge in [0.05, 0.1) is 15.8 Å². The van der Waals surface area contributed by atoms with E-state index in [1.165, 1.54) is 0 Å². The highest BCUT2D eigenvalue weighted by Gasteiger charge is 2.13. The molecule has 90 valence electrons. The van der Waals surface area contributed by atoms with Gasteiger partial charge in [0.2, 0.25) is 5.43 Å². The van der Waals surface area contributed by atoms with Crippen molar-refractivity contribution < 1.29 is 4.42 Å². The first-order valence-electron chi connectivity index (χ1n) is 5.41. The summed E-state index contributed by atoms with van der Waals surface area (Å²) in [6, 6.07) is 10.8. The van der Waals surface area contributed by atoms with Crippen LogP contribution in [0.15, 0.2) is 45.6 Å². The minimum atomic E-state index is -0.0381. The van der Waals surface area contributed by atoms with Crippen LogP contribution in [0, 0.1) is 0 Å². The Balaban J connectivity index is 2.64. The van der Waals surface area contributed by atoms with Crippen LogP contribution < -0.4 is 5.43 Å². The lowest BCUT2D eigenvalue weighted by Crippen LogP contribution is -2.04. The van der Waals surface area contributed by atoms with Gasteiger partial charge in [0.1, 0.15) is 5.58 Å². The van der Waals surface area contributed by atoms with Crippen LogP contribution >= 0.6 is 27.5 Å². The van der Waals surface area contributed by atoms with Gasteiger partial charge < -0.3 is 4.42 Å². The Kier molecular flexibility index (Phi) is 2.88. The minimum Gasteiger partial charge on any atom is -0.454 e. The number of rotatable bonds is 1. The highest BCUT2D eigenvalue weighted by Crippen LogP contribution is 2.28. The van der Waals surface area contributed by atoms with Crippen LogP contribution in [-0.4, -0.2) is 0 Å². The van der Waals surface area contributed by atoms with Crippen molar-refractivity contribution in [3.63, 3.8) is 0 Å². The number of alkyl halides is 1. The van der Waals surface area contributed by atoms with E-state index in [1.54, 1.807) is 18.2 Å². The normalized spacial score (nSPS) is 11.2. The summed E-state index contributed by atoms with van der Waals surface area (Å²) in [5.74, 6) is 0. The van der Waals surface area contributed by atoms with Crippen molar-refractivity contribution in [3.05, 3.63) is 57.2 Å². The van der Waals surface area contributed by atoms with Crippen LogP contribution in [0.3, 0.4) is 0 Å². The Hall–Kier alpha value is -1.32. The summed E-state index contributed by atoms with van der Waals surface area (Å²) in [7, 11) is 0. The third-order valence-corrected chi connectivity index (χ3v) is 3.81. The van der Waals surface area contributed by atoms with Gasteiger partial charge in [0, 0.05) is 5.33 Å². The van der Waals surface area contributed by atoms with Crippen LogP contribution in [0.25, 0.3) is 21.9 Å². The highest BCUT2D eigenvalue weighted by molar-refractivity contribution is 9.08. The fourth-order valence-electron chi connectivity index (χ4n) is 2.05. The van der Waals surface area contributed by atoms with Crippen molar-refractivity contribution in [1.82, 2.24) is 0 Å². The molecule has 1 aromatic heterocycles. The maximum Gasteiger partial charge on any atom is 0.200 e. The zero-order chi connectivity index (χ0) is 12.7. The van der Waals surface area contributed by atoms with Crippen LogP contribution in [0.5, 0.6) is 0 Å². The molecule has 0 atom stereocenters. The van der Waals surface area contributed by atoms with Crippen molar-refractivity contribution in [3.8, 4) is 0 Å². The molecule has 1 heterocycles. The van der Waals surface area contributed by atoms with Gasteiger partial charge in [-0.25, -0.2) is 0 Å². The summed E-state index contributed by atoms with van der Waals surface area (Å²) in [6.07, 6.45) is 0.